The minimum atomic E-state index is -0.668. The zero-order valence-electron chi connectivity index (χ0n) is 15.3. The van der Waals surface area contributed by atoms with Crippen LogP contribution in [-0.2, 0) is 9.53 Å². The van der Waals surface area contributed by atoms with E-state index in [0.29, 0.717) is 22.4 Å². The predicted molar refractivity (Wildman–Crippen MR) is 106 cm³/mol. The van der Waals surface area contributed by atoms with Crippen molar-refractivity contribution in [1.82, 2.24) is 0 Å². The van der Waals surface area contributed by atoms with Gasteiger partial charge in [-0.2, -0.15) is 5.26 Å². The number of nitrogens with zero attached hydrogens (tertiary/aromatic N) is 1. The highest BCUT2D eigenvalue weighted by Gasteiger charge is 2.13. The van der Waals surface area contributed by atoms with Crippen LogP contribution in [0, 0.1) is 11.3 Å². The highest BCUT2D eigenvalue weighted by molar-refractivity contribution is 6.09. The molecule has 0 heterocycles. The van der Waals surface area contributed by atoms with Crippen molar-refractivity contribution in [2.45, 2.75) is 0 Å². The molecule has 0 unspecified atom stereocenters. The minimum absolute atomic E-state index is 0.146. The number of benzene rings is 3. The quantitative estimate of drug-likeness (QED) is 0.518. The van der Waals surface area contributed by atoms with Crippen molar-refractivity contribution < 1.29 is 19.1 Å². The molecule has 0 spiro atoms. The topological polar surface area (TPSA) is 96.3 Å². The number of carbonyl (C=O) groups excluding carboxylic acids is 3. The van der Waals surface area contributed by atoms with Gasteiger partial charge in [0.1, 0.15) is 0 Å². The molecule has 6 heteroatoms. The van der Waals surface area contributed by atoms with Crippen LogP contribution in [0.25, 0.3) is 0 Å². The number of carbonyl (C=O) groups is 3. The first-order valence-electron chi connectivity index (χ1n) is 8.74. The van der Waals surface area contributed by atoms with Gasteiger partial charge in [-0.15, -0.1) is 0 Å². The lowest BCUT2D eigenvalue weighted by molar-refractivity contribution is -0.119. The number of nitrogens with one attached hydrogen (secondary N) is 1. The second-order valence-corrected chi connectivity index (χ2v) is 6.09. The molecule has 0 radical (unpaired) electrons. The number of ether oxygens (including phenoxy) is 1. The third kappa shape index (κ3) is 5.15. The van der Waals surface area contributed by atoms with Gasteiger partial charge in [-0.25, -0.2) is 4.79 Å². The van der Waals surface area contributed by atoms with E-state index in [-0.39, 0.29) is 11.3 Å². The highest BCUT2D eigenvalue weighted by Crippen LogP contribution is 2.12. The van der Waals surface area contributed by atoms with Gasteiger partial charge in [0.25, 0.3) is 5.91 Å². The Bertz CT molecular complexity index is 1070. The molecule has 3 rings (SSSR count). The smallest absolute Gasteiger partial charge is 0.338 e. The molecule has 3 aromatic rings. The van der Waals surface area contributed by atoms with Crippen LogP contribution in [0.2, 0.25) is 0 Å². The third-order valence-electron chi connectivity index (χ3n) is 4.05. The van der Waals surface area contributed by atoms with Crippen LogP contribution in [0.5, 0.6) is 0 Å². The number of ketones is 1. The molecule has 1 amide bonds. The molecule has 0 aliphatic heterocycles. The van der Waals surface area contributed by atoms with E-state index in [1.165, 1.54) is 12.1 Å². The van der Waals surface area contributed by atoms with E-state index in [2.05, 4.69) is 5.32 Å². The molecule has 0 fully saturated rings. The number of hydrogen-bond donors (Lipinski definition) is 1. The second-order valence-electron chi connectivity index (χ2n) is 6.09. The molecule has 0 aliphatic rings. The molecule has 29 heavy (non-hydrogen) atoms. The Labute approximate surface area is 167 Å². The summed E-state index contributed by atoms with van der Waals surface area (Å²) in [6.07, 6.45) is 0. The van der Waals surface area contributed by atoms with Crippen molar-refractivity contribution in [1.29, 1.82) is 5.26 Å². The molecule has 1 N–H and O–H groups in total. The van der Waals surface area contributed by atoms with Gasteiger partial charge in [0.15, 0.2) is 12.4 Å². The lowest BCUT2D eigenvalue weighted by Crippen LogP contribution is -2.21. The van der Waals surface area contributed by atoms with Gasteiger partial charge in [-0.3, -0.25) is 9.59 Å². The molecule has 3 aromatic carbocycles. The van der Waals surface area contributed by atoms with Crippen LogP contribution < -0.4 is 5.32 Å². The van der Waals surface area contributed by atoms with Crippen LogP contribution in [0.4, 0.5) is 5.69 Å². The Balaban J connectivity index is 1.54. The van der Waals surface area contributed by atoms with Crippen LogP contribution in [0.3, 0.4) is 0 Å². The number of rotatable bonds is 6. The molecule has 142 valence electrons. The van der Waals surface area contributed by atoms with Gasteiger partial charge in [-0.05, 0) is 36.4 Å². The van der Waals surface area contributed by atoms with Crippen molar-refractivity contribution >= 4 is 23.3 Å². The summed E-state index contributed by atoms with van der Waals surface area (Å²) in [5.41, 5.74) is 2.21. The third-order valence-corrected chi connectivity index (χ3v) is 4.05. The molecule has 0 bridgehead atoms. The predicted octanol–water partition coefficient (Wildman–Crippen LogP) is 3.58. The number of esters is 1. The lowest BCUT2D eigenvalue weighted by Gasteiger charge is -2.07. The fourth-order valence-electron chi connectivity index (χ4n) is 2.55. The summed E-state index contributed by atoms with van der Waals surface area (Å²) in [5.74, 6) is -1.31. The maximum Gasteiger partial charge on any atom is 0.338 e. The van der Waals surface area contributed by atoms with E-state index in [1.54, 1.807) is 60.7 Å². The van der Waals surface area contributed by atoms with E-state index in [4.69, 9.17) is 10.00 Å². The Morgan fingerprint density at radius 3 is 2.00 bits per heavy atom. The monoisotopic (exact) mass is 384 g/mol. The number of nitriles is 1. The van der Waals surface area contributed by atoms with Crippen molar-refractivity contribution in [2.24, 2.45) is 0 Å². The molecule has 0 saturated carbocycles. The Hall–Kier alpha value is -4.24. The van der Waals surface area contributed by atoms with Crippen molar-refractivity contribution in [2.75, 3.05) is 11.9 Å². The van der Waals surface area contributed by atoms with E-state index < -0.39 is 18.5 Å². The molecule has 0 atom stereocenters. The lowest BCUT2D eigenvalue weighted by atomic mass is 10.0. The first-order valence-corrected chi connectivity index (χ1v) is 8.74. The summed E-state index contributed by atoms with van der Waals surface area (Å²) in [4.78, 5) is 36.4. The highest BCUT2D eigenvalue weighted by atomic mass is 16.5. The maximum atomic E-state index is 12.4. The van der Waals surface area contributed by atoms with Gasteiger partial charge in [0, 0.05) is 16.8 Å². The van der Waals surface area contributed by atoms with Crippen LogP contribution in [-0.4, -0.2) is 24.3 Å². The number of anilines is 1. The van der Waals surface area contributed by atoms with Gasteiger partial charge >= 0.3 is 5.97 Å². The zero-order valence-corrected chi connectivity index (χ0v) is 15.3. The zero-order chi connectivity index (χ0) is 20.6. The van der Waals surface area contributed by atoms with E-state index in [1.807, 2.05) is 12.1 Å². The fourth-order valence-corrected chi connectivity index (χ4v) is 2.55. The van der Waals surface area contributed by atoms with Crippen LogP contribution in [0.1, 0.15) is 31.8 Å². The number of amides is 1. The molecule has 0 saturated heterocycles. The van der Waals surface area contributed by atoms with Gasteiger partial charge in [-0.1, -0.05) is 42.5 Å². The minimum Gasteiger partial charge on any atom is -0.452 e. The molecule has 0 aliphatic carbocycles. The van der Waals surface area contributed by atoms with E-state index in [9.17, 15) is 14.4 Å². The summed E-state index contributed by atoms with van der Waals surface area (Å²) in [7, 11) is 0. The van der Waals surface area contributed by atoms with Gasteiger partial charge in [0.05, 0.1) is 17.2 Å². The average Bonchev–Trinajstić information content (AvgIpc) is 2.78. The first kappa shape index (κ1) is 19.5. The second kappa shape index (κ2) is 9.11. The summed E-state index contributed by atoms with van der Waals surface area (Å²) < 4.78 is 5.00. The van der Waals surface area contributed by atoms with Gasteiger partial charge < -0.3 is 10.1 Å². The Kier molecular flexibility index (Phi) is 6.13. The Morgan fingerprint density at radius 1 is 0.793 bits per heavy atom. The van der Waals surface area contributed by atoms with Crippen LogP contribution >= 0.6 is 0 Å². The average molecular weight is 384 g/mol. The molecular weight excluding hydrogens is 368 g/mol. The standard InChI is InChI=1S/C23H16N2O4/c24-14-16-6-12-20(13-7-16)25-21(26)15-29-23(28)19-10-8-18(9-11-19)22(27)17-4-2-1-3-5-17/h1-13H,15H2,(H,25,26). The van der Waals surface area contributed by atoms with E-state index in [0.717, 1.165) is 0 Å². The van der Waals surface area contributed by atoms with E-state index >= 15 is 0 Å². The maximum absolute atomic E-state index is 12.4. The Morgan fingerprint density at radius 2 is 1.38 bits per heavy atom. The summed E-state index contributed by atoms with van der Waals surface area (Å²) in [5, 5.41) is 11.3. The summed E-state index contributed by atoms with van der Waals surface area (Å²) in [6, 6.07) is 23.2. The summed E-state index contributed by atoms with van der Waals surface area (Å²) >= 11 is 0. The molecule has 6 nitrogen and oxygen atoms in total. The SMILES string of the molecule is N#Cc1ccc(NC(=O)COC(=O)c2ccc(C(=O)c3ccccc3)cc2)cc1. The summed E-state index contributed by atoms with van der Waals surface area (Å²) in [6.45, 7) is -0.455. The normalized spacial score (nSPS) is 9.90. The fraction of sp³-hybridized carbons (Fsp3) is 0.0435. The van der Waals surface area contributed by atoms with Gasteiger partial charge in [0.2, 0.25) is 0 Å². The molecule has 0 aromatic heterocycles. The van der Waals surface area contributed by atoms with Crippen LogP contribution in [0.15, 0.2) is 78.9 Å². The van der Waals surface area contributed by atoms with Crippen molar-refractivity contribution in [3.05, 3.63) is 101 Å². The number of hydrogen-bond acceptors (Lipinski definition) is 5. The van der Waals surface area contributed by atoms with Crippen molar-refractivity contribution in [3.63, 3.8) is 0 Å². The first-order chi connectivity index (χ1) is 14.1. The van der Waals surface area contributed by atoms with Crippen molar-refractivity contribution in [3.8, 4) is 6.07 Å². The largest absolute Gasteiger partial charge is 0.452 e. The molecular formula is C23H16N2O4.